The van der Waals surface area contributed by atoms with Gasteiger partial charge in [0.25, 0.3) is 0 Å². The lowest BCUT2D eigenvalue weighted by atomic mass is 10.1. The topological polar surface area (TPSA) is 20.2 Å². The van der Waals surface area contributed by atoms with Crippen molar-refractivity contribution in [1.29, 1.82) is 0 Å². The fourth-order valence-corrected chi connectivity index (χ4v) is 3.43. The van der Waals surface area contributed by atoms with Crippen molar-refractivity contribution in [2.75, 3.05) is 6.61 Å². The van der Waals surface area contributed by atoms with Crippen molar-refractivity contribution in [3.8, 4) is 0 Å². The SMILES string of the molecule is CC(C)=CCC/C(C)=C/C=C/C(C)=C/C=C/C(C)=C/C=C/C=C(C)/C=C/C=C(C)/C=C/C=C(\C)CC/C=C(\C)CO. The quantitative estimate of drug-likeness (QED) is 0.140. The predicted octanol–water partition coefficient (Wildman–Crippen LogP) is 11.9. The third-order valence-corrected chi connectivity index (χ3v) is 6.12. The van der Waals surface area contributed by atoms with Gasteiger partial charge in [-0.05, 0) is 88.0 Å². The Morgan fingerprint density at radius 3 is 1.12 bits per heavy atom. The van der Waals surface area contributed by atoms with Gasteiger partial charge in [0.1, 0.15) is 0 Å². The van der Waals surface area contributed by atoms with Crippen LogP contribution in [0.2, 0.25) is 0 Å². The molecule has 41 heavy (non-hydrogen) atoms. The molecule has 0 unspecified atom stereocenters. The Morgan fingerprint density at radius 2 is 0.756 bits per heavy atom. The largest absolute Gasteiger partial charge is 0.392 e. The van der Waals surface area contributed by atoms with Gasteiger partial charge in [-0.1, -0.05) is 154 Å². The van der Waals surface area contributed by atoms with Crippen molar-refractivity contribution in [3.05, 3.63) is 154 Å². The second-order valence-corrected chi connectivity index (χ2v) is 11.1. The van der Waals surface area contributed by atoms with Crippen molar-refractivity contribution in [3.63, 3.8) is 0 Å². The molecule has 0 saturated heterocycles. The van der Waals surface area contributed by atoms with Gasteiger partial charge in [-0.25, -0.2) is 0 Å². The van der Waals surface area contributed by atoms with Gasteiger partial charge in [-0.2, -0.15) is 0 Å². The molecule has 0 bridgehead atoms. The molecular weight excluding hydrogens is 496 g/mol. The van der Waals surface area contributed by atoms with E-state index in [-0.39, 0.29) is 6.61 Å². The van der Waals surface area contributed by atoms with Crippen molar-refractivity contribution in [1.82, 2.24) is 0 Å². The van der Waals surface area contributed by atoms with Crippen LogP contribution in [-0.4, -0.2) is 11.7 Å². The van der Waals surface area contributed by atoms with Crippen LogP contribution in [0.25, 0.3) is 0 Å². The minimum atomic E-state index is 0.145. The number of rotatable bonds is 17. The third kappa shape index (κ3) is 25.3. The molecule has 0 heterocycles. The third-order valence-electron chi connectivity index (χ3n) is 6.12. The molecule has 0 atom stereocenters. The number of hydrogen-bond acceptors (Lipinski definition) is 1. The van der Waals surface area contributed by atoms with Crippen LogP contribution in [0.15, 0.2) is 154 Å². The number of aliphatic hydroxyl groups is 1. The lowest BCUT2D eigenvalue weighted by Gasteiger charge is -1.98. The van der Waals surface area contributed by atoms with Crippen molar-refractivity contribution < 1.29 is 5.11 Å². The molecule has 0 spiro atoms. The van der Waals surface area contributed by atoms with E-state index in [0.29, 0.717) is 0 Å². The monoisotopic (exact) mass is 552 g/mol. The van der Waals surface area contributed by atoms with E-state index in [1.165, 1.54) is 39.0 Å². The standard InChI is InChI=1S/C40H56O/c1-33(2)18-12-21-36(5)24-15-27-37(6)25-13-22-34(3)19-10-11-20-35(4)23-14-26-38(7)28-16-29-39(8)30-17-31-40(9)32-41/h10-11,13-16,18-20,22-29,31,41H,12,17,21,30,32H2,1-9H3/b11-10+,22-13+,23-14+,27-15+,28-16+,34-19+,35-20+,36-24+,37-25+,38-26+,39-29+,40-31+. The zero-order valence-corrected chi connectivity index (χ0v) is 27.4. The lowest BCUT2D eigenvalue weighted by Crippen LogP contribution is -1.84. The Kier molecular flexibility index (Phi) is 22.3. The maximum Gasteiger partial charge on any atom is 0.0639 e. The average Bonchev–Trinajstić information content (AvgIpc) is 2.90. The summed E-state index contributed by atoms with van der Waals surface area (Å²) in [7, 11) is 0. The molecule has 0 radical (unpaired) electrons. The number of aliphatic hydroxyl groups excluding tert-OH is 1. The second kappa shape index (κ2) is 24.4. The normalized spacial score (nSPS) is 15.6. The van der Waals surface area contributed by atoms with Gasteiger partial charge in [-0.3, -0.25) is 0 Å². The Balaban J connectivity index is 4.70. The maximum atomic E-state index is 9.05. The van der Waals surface area contributed by atoms with E-state index in [1.807, 2.05) is 6.92 Å². The molecule has 222 valence electrons. The first-order valence-corrected chi connectivity index (χ1v) is 14.8. The minimum Gasteiger partial charge on any atom is -0.392 e. The second-order valence-electron chi connectivity index (χ2n) is 11.1. The Morgan fingerprint density at radius 1 is 0.415 bits per heavy atom. The molecule has 0 aliphatic rings. The number of allylic oxidation sites excluding steroid dienone is 25. The zero-order valence-electron chi connectivity index (χ0n) is 27.4. The predicted molar refractivity (Wildman–Crippen MR) is 187 cm³/mol. The molecular formula is C40H56O. The summed E-state index contributed by atoms with van der Waals surface area (Å²) in [6.07, 6.45) is 42.6. The fourth-order valence-electron chi connectivity index (χ4n) is 3.43. The van der Waals surface area contributed by atoms with Crippen LogP contribution in [0.3, 0.4) is 0 Å². The Bertz CT molecular complexity index is 1170. The van der Waals surface area contributed by atoms with Gasteiger partial charge in [-0.15, -0.1) is 0 Å². The van der Waals surface area contributed by atoms with Gasteiger partial charge in [0, 0.05) is 0 Å². The Hall–Kier alpha value is -3.42. The number of hydrogen-bond donors (Lipinski definition) is 1. The maximum absolute atomic E-state index is 9.05. The van der Waals surface area contributed by atoms with Crippen LogP contribution in [0.5, 0.6) is 0 Å². The van der Waals surface area contributed by atoms with Crippen molar-refractivity contribution >= 4 is 0 Å². The highest BCUT2D eigenvalue weighted by molar-refractivity contribution is 5.32. The highest BCUT2D eigenvalue weighted by Crippen LogP contribution is 2.09. The van der Waals surface area contributed by atoms with Crippen LogP contribution < -0.4 is 0 Å². The van der Waals surface area contributed by atoms with Crippen LogP contribution in [-0.2, 0) is 0 Å². The van der Waals surface area contributed by atoms with E-state index in [0.717, 1.165) is 31.3 Å². The molecule has 0 aliphatic carbocycles. The molecule has 1 N–H and O–H groups in total. The van der Waals surface area contributed by atoms with Crippen molar-refractivity contribution in [2.24, 2.45) is 0 Å². The molecule has 0 amide bonds. The van der Waals surface area contributed by atoms with Crippen LogP contribution >= 0.6 is 0 Å². The first-order chi connectivity index (χ1) is 19.5. The van der Waals surface area contributed by atoms with E-state index in [4.69, 9.17) is 5.11 Å². The molecule has 1 nitrogen and oxygen atoms in total. The van der Waals surface area contributed by atoms with E-state index in [1.54, 1.807) is 0 Å². The minimum absolute atomic E-state index is 0.145. The summed E-state index contributed by atoms with van der Waals surface area (Å²) >= 11 is 0. The summed E-state index contributed by atoms with van der Waals surface area (Å²) in [5.74, 6) is 0. The average molecular weight is 553 g/mol. The van der Waals surface area contributed by atoms with E-state index in [2.05, 4.69) is 165 Å². The van der Waals surface area contributed by atoms with Gasteiger partial charge < -0.3 is 5.11 Å². The first-order valence-electron chi connectivity index (χ1n) is 14.8. The Labute approximate surface area is 253 Å². The summed E-state index contributed by atoms with van der Waals surface area (Å²) < 4.78 is 0. The molecule has 0 aromatic rings. The summed E-state index contributed by atoms with van der Waals surface area (Å²) in [4.78, 5) is 0. The summed E-state index contributed by atoms with van der Waals surface area (Å²) in [6, 6.07) is 0. The van der Waals surface area contributed by atoms with E-state index in [9.17, 15) is 0 Å². The lowest BCUT2D eigenvalue weighted by molar-refractivity contribution is 0.331. The molecule has 0 saturated carbocycles. The summed E-state index contributed by atoms with van der Waals surface area (Å²) in [5.41, 5.74) is 9.99. The first kappa shape index (κ1) is 37.6. The van der Waals surface area contributed by atoms with Crippen LogP contribution in [0.4, 0.5) is 0 Å². The van der Waals surface area contributed by atoms with Gasteiger partial charge >= 0.3 is 0 Å². The highest BCUT2D eigenvalue weighted by atomic mass is 16.3. The molecule has 0 aromatic heterocycles. The smallest absolute Gasteiger partial charge is 0.0639 e. The van der Waals surface area contributed by atoms with Crippen LogP contribution in [0, 0.1) is 0 Å². The van der Waals surface area contributed by atoms with Crippen LogP contribution in [0.1, 0.15) is 88.0 Å². The zero-order chi connectivity index (χ0) is 30.9. The van der Waals surface area contributed by atoms with Gasteiger partial charge in [0.05, 0.1) is 6.61 Å². The molecule has 0 aliphatic heterocycles. The molecule has 1 heteroatoms. The molecule has 0 fully saturated rings. The summed E-state index contributed by atoms with van der Waals surface area (Å²) in [5, 5.41) is 9.05. The van der Waals surface area contributed by atoms with Gasteiger partial charge in [0.2, 0.25) is 0 Å². The highest BCUT2D eigenvalue weighted by Gasteiger charge is 1.90. The van der Waals surface area contributed by atoms with Crippen molar-refractivity contribution in [2.45, 2.75) is 88.0 Å². The van der Waals surface area contributed by atoms with E-state index >= 15 is 0 Å². The van der Waals surface area contributed by atoms with Gasteiger partial charge in [0.15, 0.2) is 0 Å². The molecule has 0 aromatic carbocycles. The molecule has 0 rings (SSSR count). The van der Waals surface area contributed by atoms with E-state index < -0.39 is 0 Å². The fraction of sp³-hybridized carbons (Fsp3) is 0.350. The summed E-state index contributed by atoms with van der Waals surface area (Å²) in [6.45, 7) is 19.2.